The van der Waals surface area contributed by atoms with Crippen LogP contribution in [-0.4, -0.2) is 58.1 Å². The zero-order chi connectivity index (χ0) is 20.5. The van der Waals surface area contributed by atoms with Gasteiger partial charge in [-0.05, 0) is 42.7 Å². The molecule has 0 bridgehead atoms. The molecule has 29 heavy (non-hydrogen) atoms. The zero-order valence-corrected chi connectivity index (χ0v) is 15.9. The van der Waals surface area contributed by atoms with Crippen molar-refractivity contribution >= 4 is 17.6 Å². The summed E-state index contributed by atoms with van der Waals surface area (Å²) >= 11 is 0. The van der Waals surface area contributed by atoms with Gasteiger partial charge in [0, 0.05) is 30.9 Å². The second-order valence-corrected chi connectivity index (χ2v) is 7.18. The summed E-state index contributed by atoms with van der Waals surface area (Å²) in [7, 11) is 1.55. The topological polar surface area (TPSA) is 85.8 Å². The van der Waals surface area contributed by atoms with Crippen LogP contribution in [0.15, 0.2) is 53.9 Å². The molecule has 1 unspecified atom stereocenters. The van der Waals surface area contributed by atoms with E-state index in [2.05, 4.69) is 10.3 Å². The number of aliphatic hydroxyl groups excluding tert-OH is 1. The van der Waals surface area contributed by atoms with E-state index < -0.39 is 6.23 Å². The highest BCUT2D eigenvalue weighted by molar-refractivity contribution is 5.98. The van der Waals surface area contributed by atoms with Crippen LogP contribution >= 0.6 is 0 Å². The second kappa shape index (κ2) is 7.63. The van der Waals surface area contributed by atoms with E-state index in [9.17, 15) is 19.1 Å². The van der Waals surface area contributed by atoms with Crippen LogP contribution in [0.3, 0.4) is 0 Å². The Morgan fingerprint density at radius 1 is 1.24 bits per heavy atom. The average Bonchev–Trinajstić information content (AvgIpc) is 2.94. The van der Waals surface area contributed by atoms with Crippen molar-refractivity contribution in [3.63, 3.8) is 0 Å². The lowest BCUT2D eigenvalue weighted by Crippen LogP contribution is -2.38. The molecule has 2 aromatic rings. The Bertz CT molecular complexity index is 972. The third kappa shape index (κ3) is 3.71. The fraction of sp³-hybridized carbons (Fsp3) is 0.286. The van der Waals surface area contributed by atoms with Crippen molar-refractivity contribution in [3.05, 3.63) is 59.7 Å². The van der Waals surface area contributed by atoms with Gasteiger partial charge in [0.2, 0.25) is 5.91 Å². The van der Waals surface area contributed by atoms with Gasteiger partial charge in [-0.15, -0.1) is 0 Å². The van der Waals surface area contributed by atoms with Crippen LogP contribution in [-0.2, 0) is 9.59 Å². The van der Waals surface area contributed by atoms with Crippen molar-refractivity contribution in [1.82, 2.24) is 14.8 Å². The monoisotopic (exact) mass is 396 g/mol. The summed E-state index contributed by atoms with van der Waals surface area (Å²) < 4.78 is 13.0. The van der Waals surface area contributed by atoms with E-state index in [0.717, 1.165) is 17.5 Å². The summed E-state index contributed by atoms with van der Waals surface area (Å²) in [6.07, 6.45) is 2.12. The molecule has 0 spiro atoms. The fourth-order valence-electron chi connectivity index (χ4n) is 3.72. The molecule has 0 fully saturated rings. The number of likely N-dealkylation sites (N-methyl/N-ethyl adjacent to an activating group) is 1. The van der Waals surface area contributed by atoms with Gasteiger partial charge in [0.15, 0.2) is 6.23 Å². The molecule has 1 atom stereocenters. The maximum Gasteiger partial charge on any atom is 0.272 e. The molecule has 7 nitrogen and oxygen atoms in total. The molecule has 8 heteroatoms. The lowest BCUT2D eigenvalue weighted by molar-refractivity contribution is -0.131. The first-order valence-corrected chi connectivity index (χ1v) is 9.39. The molecule has 2 aliphatic rings. The Hall–Kier alpha value is -3.26. The third-order valence-electron chi connectivity index (χ3n) is 5.24. The van der Waals surface area contributed by atoms with Crippen LogP contribution in [0.2, 0.25) is 0 Å². The largest absolute Gasteiger partial charge is 0.369 e. The Morgan fingerprint density at radius 3 is 2.66 bits per heavy atom. The second-order valence-electron chi connectivity index (χ2n) is 7.18. The summed E-state index contributed by atoms with van der Waals surface area (Å²) in [4.78, 5) is 32.1. The van der Waals surface area contributed by atoms with E-state index in [-0.39, 0.29) is 24.2 Å². The molecule has 150 valence electrons. The summed E-state index contributed by atoms with van der Waals surface area (Å²) in [5.41, 5.74) is 2.74. The van der Waals surface area contributed by atoms with E-state index in [1.807, 2.05) is 0 Å². The third-order valence-corrected chi connectivity index (χ3v) is 5.24. The van der Waals surface area contributed by atoms with Gasteiger partial charge in [0.05, 0.1) is 6.54 Å². The normalized spacial score (nSPS) is 18.9. The van der Waals surface area contributed by atoms with Crippen molar-refractivity contribution < 1.29 is 19.1 Å². The van der Waals surface area contributed by atoms with Crippen LogP contribution in [0.4, 0.5) is 10.2 Å². The van der Waals surface area contributed by atoms with Crippen molar-refractivity contribution in [2.45, 2.75) is 19.1 Å². The smallest absolute Gasteiger partial charge is 0.272 e. The first kappa shape index (κ1) is 19.1. The molecular formula is C21H21FN4O3. The number of benzene rings is 1. The number of aliphatic hydroxyl groups is 1. The maximum absolute atomic E-state index is 13.0. The molecule has 1 aromatic carbocycles. The molecule has 0 saturated carbocycles. The standard InChI is InChI=1S/C21H21FN4O3/c1-25-20(28)16-3-2-10-26(19(16)21(25)29)12-18(27)24-17-9-6-14(11-23-17)13-4-7-15(22)8-5-13/h4-9,11,20,28H,2-3,10,12H2,1H3,(H,23,24,27). The van der Waals surface area contributed by atoms with Crippen LogP contribution < -0.4 is 5.32 Å². The number of carbonyl (C=O) groups excluding carboxylic acids is 2. The Morgan fingerprint density at radius 2 is 1.97 bits per heavy atom. The van der Waals surface area contributed by atoms with Gasteiger partial charge >= 0.3 is 0 Å². The number of rotatable bonds is 4. The highest BCUT2D eigenvalue weighted by Gasteiger charge is 2.40. The number of anilines is 1. The van der Waals surface area contributed by atoms with E-state index in [4.69, 9.17) is 0 Å². The Labute approximate surface area is 167 Å². The minimum atomic E-state index is -0.913. The maximum atomic E-state index is 13.0. The Kier molecular flexibility index (Phi) is 5.02. The predicted octanol–water partition coefficient (Wildman–Crippen LogP) is 1.97. The quantitative estimate of drug-likeness (QED) is 0.825. The number of nitrogens with zero attached hydrogens (tertiary/aromatic N) is 3. The molecule has 1 aromatic heterocycles. The minimum absolute atomic E-state index is 0.00648. The molecule has 2 N–H and O–H groups in total. The van der Waals surface area contributed by atoms with Gasteiger partial charge < -0.3 is 20.2 Å². The number of hydrogen-bond donors (Lipinski definition) is 2. The molecule has 0 radical (unpaired) electrons. The number of halogens is 1. The molecular weight excluding hydrogens is 375 g/mol. The number of nitrogens with one attached hydrogen (secondary N) is 1. The van der Waals surface area contributed by atoms with Crippen molar-refractivity contribution in [2.75, 3.05) is 25.5 Å². The van der Waals surface area contributed by atoms with Gasteiger partial charge in [0.1, 0.15) is 17.3 Å². The SMILES string of the molecule is CN1C(=O)C2=C(CCCN2CC(=O)Nc2ccc(-c3ccc(F)cc3)cn2)C1O. The van der Waals surface area contributed by atoms with Crippen LogP contribution in [0.1, 0.15) is 12.8 Å². The number of hydrogen-bond acceptors (Lipinski definition) is 5. The van der Waals surface area contributed by atoms with Gasteiger partial charge in [-0.3, -0.25) is 9.59 Å². The average molecular weight is 396 g/mol. The fourth-order valence-corrected chi connectivity index (χ4v) is 3.72. The van der Waals surface area contributed by atoms with E-state index in [1.54, 1.807) is 42.4 Å². The summed E-state index contributed by atoms with van der Waals surface area (Å²) in [5, 5.41) is 12.9. The number of amides is 2. The molecule has 0 saturated heterocycles. The molecule has 2 amide bonds. The van der Waals surface area contributed by atoms with Crippen LogP contribution in [0.5, 0.6) is 0 Å². The predicted molar refractivity (Wildman–Crippen MR) is 105 cm³/mol. The molecule has 3 heterocycles. The highest BCUT2D eigenvalue weighted by Crippen LogP contribution is 2.32. The Balaban J connectivity index is 1.42. The van der Waals surface area contributed by atoms with Crippen LogP contribution in [0, 0.1) is 5.82 Å². The lowest BCUT2D eigenvalue weighted by Gasteiger charge is -2.28. The van der Waals surface area contributed by atoms with E-state index in [1.165, 1.54) is 17.0 Å². The van der Waals surface area contributed by atoms with Gasteiger partial charge in [-0.2, -0.15) is 0 Å². The summed E-state index contributed by atoms with van der Waals surface area (Å²) in [6, 6.07) is 9.56. The number of aromatic nitrogens is 1. The molecule has 0 aliphatic carbocycles. The van der Waals surface area contributed by atoms with Gasteiger partial charge in [0.25, 0.3) is 5.91 Å². The highest BCUT2D eigenvalue weighted by atomic mass is 19.1. The summed E-state index contributed by atoms with van der Waals surface area (Å²) in [6.45, 7) is 0.585. The summed E-state index contributed by atoms with van der Waals surface area (Å²) in [5.74, 6) is -0.470. The van der Waals surface area contributed by atoms with Crippen molar-refractivity contribution in [1.29, 1.82) is 0 Å². The van der Waals surface area contributed by atoms with Gasteiger partial charge in [-0.25, -0.2) is 9.37 Å². The molecule has 4 rings (SSSR count). The van der Waals surface area contributed by atoms with Gasteiger partial charge in [-0.1, -0.05) is 12.1 Å². The first-order valence-electron chi connectivity index (χ1n) is 9.39. The first-order chi connectivity index (χ1) is 13.9. The number of carbonyl (C=O) groups is 2. The molecule has 2 aliphatic heterocycles. The number of pyridine rings is 1. The minimum Gasteiger partial charge on any atom is -0.369 e. The van der Waals surface area contributed by atoms with Crippen molar-refractivity contribution in [2.24, 2.45) is 0 Å². The van der Waals surface area contributed by atoms with E-state index in [0.29, 0.717) is 30.1 Å². The van der Waals surface area contributed by atoms with Crippen molar-refractivity contribution in [3.8, 4) is 11.1 Å². The lowest BCUT2D eigenvalue weighted by atomic mass is 10.0. The van der Waals surface area contributed by atoms with Crippen LogP contribution in [0.25, 0.3) is 11.1 Å². The zero-order valence-electron chi connectivity index (χ0n) is 15.9. The van der Waals surface area contributed by atoms with E-state index >= 15 is 0 Å².